The van der Waals surface area contributed by atoms with Crippen molar-refractivity contribution in [3.8, 4) is 11.5 Å². The SMILES string of the molecule is CCC1CN(c2ccc3c(c2)OCO3)CCN1. The number of piperazine rings is 1. The maximum absolute atomic E-state index is 5.42. The molecular weight excluding hydrogens is 216 g/mol. The van der Waals surface area contributed by atoms with E-state index in [0.29, 0.717) is 12.8 Å². The second-order valence-electron chi connectivity index (χ2n) is 4.54. The first-order chi connectivity index (χ1) is 8.36. The Morgan fingerprint density at radius 3 is 3.12 bits per heavy atom. The molecule has 4 nitrogen and oxygen atoms in total. The average Bonchev–Trinajstić information content (AvgIpc) is 2.86. The van der Waals surface area contributed by atoms with E-state index in [1.165, 1.54) is 12.1 Å². The Morgan fingerprint density at radius 1 is 1.35 bits per heavy atom. The lowest BCUT2D eigenvalue weighted by molar-refractivity contribution is 0.174. The molecule has 92 valence electrons. The minimum atomic E-state index is 0.345. The molecule has 0 bridgehead atoms. The number of anilines is 1. The van der Waals surface area contributed by atoms with E-state index in [1.807, 2.05) is 6.07 Å². The summed E-state index contributed by atoms with van der Waals surface area (Å²) in [5.74, 6) is 1.73. The van der Waals surface area contributed by atoms with E-state index in [9.17, 15) is 0 Å². The Labute approximate surface area is 102 Å². The summed E-state index contributed by atoms with van der Waals surface area (Å²) in [5.41, 5.74) is 1.23. The number of benzene rings is 1. The van der Waals surface area contributed by atoms with Gasteiger partial charge in [0.15, 0.2) is 11.5 Å². The quantitative estimate of drug-likeness (QED) is 0.843. The highest BCUT2D eigenvalue weighted by molar-refractivity contribution is 5.57. The molecule has 2 aliphatic heterocycles. The zero-order chi connectivity index (χ0) is 11.7. The lowest BCUT2D eigenvalue weighted by Crippen LogP contribution is -2.50. The molecule has 0 radical (unpaired) electrons. The van der Waals surface area contributed by atoms with Gasteiger partial charge in [0.1, 0.15) is 0 Å². The van der Waals surface area contributed by atoms with Crippen LogP contribution in [-0.4, -0.2) is 32.5 Å². The van der Waals surface area contributed by atoms with Crippen molar-refractivity contribution in [2.45, 2.75) is 19.4 Å². The molecule has 1 aromatic carbocycles. The molecule has 3 rings (SSSR count). The van der Waals surface area contributed by atoms with Gasteiger partial charge in [-0.2, -0.15) is 0 Å². The molecular formula is C13H18N2O2. The first-order valence-corrected chi connectivity index (χ1v) is 6.25. The van der Waals surface area contributed by atoms with Crippen molar-refractivity contribution in [3.63, 3.8) is 0 Å². The molecule has 0 amide bonds. The standard InChI is InChI=1S/C13H18N2O2/c1-2-10-8-15(6-5-14-10)11-3-4-12-13(7-11)17-9-16-12/h3-4,7,10,14H,2,5-6,8-9H2,1H3. The molecule has 1 fully saturated rings. The van der Waals surface area contributed by atoms with Crippen molar-refractivity contribution in [3.05, 3.63) is 18.2 Å². The van der Waals surface area contributed by atoms with Gasteiger partial charge in [-0.3, -0.25) is 0 Å². The molecule has 1 saturated heterocycles. The second-order valence-corrected chi connectivity index (χ2v) is 4.54. The molecule has 0 aromatic heterocycles. The predicted molar refractivity (Wildman–Crippen MR) is 66.9 cm³/mol. The summed E-state index contributed by atoms with van der Waals surface area (Å²) in [5, 5.41) is 3.52. The maximum Gasteiger partial charge on any atom is 0.231 e. The molecule has 4 heteroatoms. The van der Waals surface area contributed by atoms with E-state index in [-0.39, 0.29) is 0 Å². The predicted octanol–water partition coefficient (Wildman–Crippen LogP) is 1.60. The zero-order valence-corrected chi connectivity index (χ0v) is 10.1. The number of nitrogens with zero attached hydrogens (tertiary/aromatic N) is 1. The lowest BCUT2D eigenvalue weighted by atomic mass is 10.1. The van der Waals surface area contributed by atoms with E-state index >= 15 is 0 Å². The smallest absolute Gasteiger partial charge is 0.231 e. The van der Waals surface area contributed by atoms with Gasteiger partial charge in [-0.25, -0.2) is 0 Å². The maximum atomic E-state index is 5.42. The van der Waals surface area contributed by atoms with Gasteiger partial charge in [-0.1, -0.05) is 6.92 Å². The van der Waals surface area contributed by atoms with Gasteiger partial charge >= 0.3 is 0 Å². The molecule has 0 spiro atoms. The normalized spacial score (nSPS) is 22.9. The Kier molecular flexibility index (Phi) is 2.81. The molecule has 1 atom stereocenters. The van der Waals surface area contributed by atoms with Crippen molar-refractivity contribution in [1.82, 2.24) is 5.32 Å². The average molecular weight is 234 g/mol. The third-order valence-electron chi connectivity index (χ3n) is 3.47. The molecule has 2 aliphatic rings. The number of hydrogen-bond acceptors (Lipinski definition) is 4. The highest BCUT2D eigenvalue weighted by Crippen LogP contribution is 2.35. The van der Waals surface area contributed by atoms with Crippen LogP contribution in [0.4, 0.5) is 5.69 Å². The molecule has 1 N–H and O–H groups in total. The summed E-state index contributed by atoms with van der Waals surface area (Å²) in [6, 6.07) is 6.79. The van der Waals surface area contributed by atoms with E-state index in [1.54, 1.807) is 0 Å². The van der Waals surface area contributed by atoms with Crippen molar-refractivity contribution in [2.75, 3.05) is 31.3 Å². The molecule has 17 heavy (non-hydrogen) atoms. The van der Waals surface area contributed by atoms with Crippen LogP contribution in [0.25, 0.3) is 0 Å². The Hall–Kier alpha value is -1.42. The first-order valence-electron chi connectivity index (χ1n) is 6.25. The summed E-state index contributed by atoms with van der Waals surface area (Å²) >= 11 is 0. The van der Waals surface area contributed by atoms with Gasteiger partial charge in [0.2, 0.25) is 6.79 Å². The van der Waals surface area contributed by atoms with Gasteiger partial charge in [-0.15, -0.1) is 0 Å². The number of rotatable bonds is 2. The van der Waals surface area contributed by atoms with Crippen molar-refractivity contribution in [1.29, 1.82) is 0 Å². The fraction of sp³-hybridized carbons (Fsp3) is 0.538. The lowest BCUT2D eigenvalue weighted by Gasteiger charge is -2.35. The third-order valence-corrected chi connectivity index (χ3v) is 3.47. The van der Waals surface area contributed by atoms with Crippen LogP contribution < -0.4 is 19.7 Å². The fourth-order valence-corrected chi connectivity index (χ4v) is 2.42. The van der Waals surface area contributed by atoms with Crippen molar-refractivity contribution >= 4 is 5.69 Å². The Balaban J connectivity index is 1.79. The minimum absolute atomic E-state index is 0.345. The summed E-state index contributed by atoms with van der Waals surface area (Å²) in [7, 11) is 0. The summed E-state index contributed by atoms with van der Waals surface area (Å²) in [4.78, 5) is 2.41. The van der Waals surface area contributed by atoms with E-state index in [4.69, 9.17) is 9.47 Å². The monoisotopic (exact) mass is 234 g/mol. The molecule has 0 aliphatic carbocycles. The van der Waals surface area contributed by atoms with Crippen LogP contribution >= 0.6 is 0 Å². The van der Waals surface area contributed by atoms with Gasteiger partial charge in [-0.05, 0) is 18.6 Å². The molecule has 2 heterocycles. The van der Waals surface area contributed by atoms with Gasteiger partial charge < -0.3 is 19.7 Å². The third kappa shape index (κ3) is 2.05. The van der Waals surface area contributed by atoms with Crippen LogP contribution in [0.3, 0.4) is 0 Å². The van der Waals surface area contributed by atoms with E-state index < -0.39 is 0 Å². The van der Waals surface area contributed by atoms with Gasteiger partial charge in [0.25, 0.3) is 0 Å². The van der Waals surface area contributed by atoms with Crippen molar-refractivity contribution < 1.29 is 9.47 Å². The highest BCUT2D eigenvalue weighted by atomic mass is 16.7. The van der Waals surface area contributed by atoms with E-state index in [0.717, 1.165) is 31.1 Å². The fourth-order valence-electron chi connectivity index (χ4n) is 2.42. The Bertz CT molecular complexity index is 408. The zero-order valence-electron chi connectivity index (χ0n) is 10.1. The summed E-state index contributed by atoms with van der Waals surface area (Å²) in [6.45, 7) is 5.73. The van der Waals surface area contributed by atoms with Crippen LogP contribution in [0, 0.1) is 0 Å². The largest absolute Gasteiger partial charge is 0.454 e. The van der Waals surface area contributed by atoms with Crippen LogP contribution in [-0.2, 0) is 0 Å². The summed E-state index contributed by atoms with van der Waals surface area (Å²) in [6.07, 6.45) is 1.17. The van der Waals surface area contributed by atoms with Crippen LogP contribution in [0.5, 0.6) is 11.5 Å². The van der Waals surface area contributed by atoms with E-state index in [2.05, 4.69) is 29.3 Å². The van der Waals surface area contributed by atoms with Crippen LogP contribution in [0.2, 0.25) is 0 Å². The van der Waals surface area contributed by atoms with Gasteiger partial charge in [0, 0.05) is 37.4 Å². The summed E-state index contributed by atoms with van der Waals surface area (Å²) < 4.78 is 10.7. The molecule has 1 unspecified atom stereocenters. The van der Waals surface area contributed by atoms with Crippen LogP contribution in [0.1, 0.15) is 13.3 Å². The number of fused-ring (bicyclic) bond motifs is 1. The van der Waals surface area contributed by atoms with Crippen molar-refractivity contribution in [2.24, 2.45) is 0 Å². The Morgan fingerprint density at radius 2 is 2.24 bits per heavy atom. The topological polar surface area (TPSA) is 33.7 Å². The molecule has 1 aromatic rings. The van der Waals surface area contributed by atoms with Gasteiger partial charge in [0.05, 0.1) is 0 Å². The number of hydrogen-bond donors (Lipinski definition) is 1. The first kappa shape index (κ1) is 10.7. The number of ether oxygens (including phenoxy) is 2. The molecule has 0 saturated carbocycles. The second kappa shape index (κ2) is 4.45. The highest BCUT2D eigenvalue weighted by Gasteiger charge is 2.20. The minimum Gasteiger partial charge on any atom is -0.454 e. The number of nitrogens with one attached hydrogen (secondary N) is 1. The van der Waals surface area contributed by atoms with Crippen LogP contribution in [0.15, 0.2) is 18.2 Å².